The molecule has 3 heterocycles. The first-order valence-corrected chi connectivity index (χ1v) is 11.0. The number of carbonyl (C=O) groups is 1. The lowest BCUT2D eigenvalue weighted by Gasteiger charge is -2.19. The van der Waals surface area contributed by atoms with Gasteiger partial charge in [-0.15, -0.1) is 10.2 Å². The van der Waals surface area contributed by atoms with Gasteiger partial charge in [0.05, 0.1) is 12.2 Å². The number of hydrazone groups is 1. The summed E-state index contributed by atoms with van der Waals surface area (Å²) >= 11 is 0. The number of hydrogen-bond acceptors (Lipinski definition) is 8. The van der Waals surface area contributed by atoms with E-state index in [1.165, 1.54) is 0 Å². The Hall–Kier alpha value is -3.75. The van der Waals surface area contributed by atoms with Gasteiger partial charge < -0.3 is 0 Å². The van der Waals surface area contributed by atoms with Gasteiger partial charge >= 0.3 is 0 Å². The molecule has 3 aromatic rings. The summed E-state index contributed by atoms with van der Waals surface area (Å²) in [4.78, 5) is 21.4. The SMILES string of the molecule is CCCCc1nc(C(=O)CCC)nn1Cc1ccc(-c2ncccc2N2NC=NN2)cc1. The quantitative estimate of drug-likeness (QED) is 0.473. The third-order valence-electron chi connectivity index (χ3n) is 5.22. The number of hydrazine groups is 2. The van der Waals surface area contributed by atoms with Gasteiger partial charge in [-0.1, -0.05) is 44.5 Å². The van der Waals surface area contributed by atoms with Crippen molar-refractivity contribution >= 4 is 17.8 Å². The van der Waals surface area contributed by atoms with Gasteiger partial charge in [-0.3, -0.25) is 15.2 Å². The first kappa shape index (κ1) is 21.5. The third-order valence-corrected chi connectivity index (χ3v) is 5.22. The van der Waals surface area contributed by atoms with E-state index >= 15 is 0 Å². The topological polar surface area (TPSA) is 100 Å². The number of hydrogen-bond donors (Lipinski definition) is 2. The molecule has 32 heavy (non-hydrogen) atoms. The summed E-state index contributed by atoms with van der Waals surface area (Å²) < 4.78 is 1.87. The Morgan fingerprint density at radius 1 is 1.09 bits per heavy atom. The van der Waals surface area contributed by atoms with Crippen LogP contribution >= 0.6 is 0 Å². The van der Waals surface area contributed by atoms with Crippen LogP contribution in [0.5, 0.6) is 0 Å². The minimum atomic E-state index is 0.00939. The highest BCUT2D eigenvalue weighted by Crippen LogP contribution is 2.27. The van der Waals surface area contributed by atoms with Crippen molar-refractivity contribution in [2.45, 2.75) is 52.5 Å². The lowest BCUT2D eigenvalue weighted by Crippen LogP contribution is -2.39. The summed E-state index contributed by atoms with van der Waals surface area (Å²) in [5.74, 6) is 1.21. The molecule has 166 valence electrons. The number of Topliss-reactive ketones (excluding diaryl/α,β-unsaturated/α-hetero) is 1. The molecule has 0 fully saturated rings. The number of pyridine rings is 1. The Kier molecular flexibility index (Phi) is 6.74. The van der Waals surface area contributed by atoms with Gasteiger partial charge in [-0.2, -0.15) is 10.7 Å². The van der Waals surface area contributed by atoms with Crippen LogP contribution in [0.1, 0.15) is 61.5 Å². The molecule has 0 amide bonds. The zero-order valence-electron chi connectivity index (χ0n) is 18.5. The maximum absolute atomic E-state index is 12.3. The second-order valence-electron chi connectivity index (χ2n) is 7.68. The van der Waals surface area contributed by atoms with Crippen molar-refractivity contribution in [2.75, 3.05) is 5.12 Å². The smallest absolute Gasteiger partial charge is 0.217 e. The Balaban J connectivity index is 1.55. The highest BCUT2D eigenvalue weighted by Gasteiger charge is 2.17. The van der Waals surface area contributed by atoms with Gasteiger partial charge in [0.1, 0.15) is 17.9 Å². The van der Waals surface area contributed by atoms with E-state index in [0.29, 0.717) is 18.8 Å². The molecule has 0 bridgehead atoms. The number of nitrogens with one attached hydrogen (secondary N) is 2. The number of ketones is 1. The number of unbranched alkanes of at least 4 members (excludes halogenated alkanes) is 1. The maximum atomic E-state index is 12.3. The lowest BCUT2D eigenvalue weighted by molar-refractivity contribution is 0.0971. The number of carbonyl (C=O) groups excluding carboxylic acids is 1. The van der Waals surface area contributed by atoms with Gasteiger partial charge in [0, 0.05) is 24.6 Å². The molecule has 9 heteroatoms. The van der Waals surface area contributed by atoms with Gasteiger partial charge in [0.15, 0.2) is 0 Å². The summed E-state index contributed by atoms with van der Waals surface area (Å²) in [6.07, 6.45) is 7.52. The van der Waals surface area contributed by atoms with Crippen molar-refractivity contribution in [1.82, 2.24) is 30.7 Å². The number of anilines is 1. The zero-order valence-corrected chi connectivity index (χ0v) is 18.5. The largest absolute Gasteiger partial charge is 0.291 e. The molecule has 4 rings (SSSR count). The van der Waals surface area contributed by atoms with Gasteiger partial charge in [0.25, 0.3) is 0 Å². The van der Waals surface area contributed by atoms with E-state index in [0.717, 1.165) is 54.0 Å². The Labute approximate surface area is 187 Å². The van der Waals surface area contributed by atoms with E-state index in [2.05, 4.69) is 50.2 Å². The summed E-state index contributed by atoms with van der Waals surface area (Å²) in [5.41, 5.74) is 9.67. The van der Waals surface area contributed by atoms with Gasteiger partial charge in [0.2, 0.25) is 11.6 Å². The van der Waals surface area contributed by atoms with Crippen LogP contribution in [0.2, 0.25) is 0 Å². The average molecular weight is 433 g/mol. The second kappa shape index (κ2) is 10.0. The second-order valence-corrected chi connectivity index (χ2v) is 7.68. The molecule has 2 N–H and O–H groups in total. The summed E-state index contributed by atoms with van der Waals surface area (Å²) in [6, 6.07) is 12.1. The molecule has 9 nitrogen and oxygen atoms in total. The fourth-order valence-corrected chi connectivity index (χ4v) is 3.54. The molecule has 1 aliphatic rings. The number of rotatable bonds is 10. The molecule has 0 aliphatic carbocycles. The average Bonchev–Trinajstić information content (AvgIpc) is 3.49. The van der Waals surface area contributed by atoms with Crippen molar-refractivity contribution in [1.29, 1.82) is 0 Å². The fraction of sp³-hybridized carbons (Fsp3) is 0.348. The molecule has 0 saturated heterocycles. The van der Waals surface area contributed by atoms with E-state index in [-0.39, 0.29) is 5.78 Å². The lowest BCUT2D eigenvalue weighted by atomic mass is 10.1. The molecule has 1 aromatic carbocycles. The first-order valence-electron chi connectivity index (χ1n) is 11.0. The van der Waals surface area contributed by atoms with Gasteiger partial charge in [-0.05, 0) is 30.5 Å². The standard InChI is InChI=1S/C23H28N8O/c1-3-5-9-21-27-23(20(32)7-4-2)28-30(21)15-17-10-12-18(13-11-17)22-19(8-6-14-24-22)31-26-16-25-29-31/h6,8,10-14,16,29H,3-5,7,9,15H2,1-2H3,(H,25,26). The number of benzene rings is 1. The Bertz CT molecular complexity index is 1080. The van der Waals surface area contributed by atoms with Crippen molar-refractivity contribution in [3.05, 3.63) is 59.8 Å². The van der Waals surface area contributed by atoms with E-state index in [4.69, 9.17) is 0 Å². The summed E-state index contributed by atoms with van der Waals surface area (Å²) in [5, 5.41) is 10.2. The molecule has 0 radical (unpaired) electrons. The van der Waals surface area contributed by atoms with Crippen molar-refractivity contribution < 1.29 is 4.79 Å². The highest BCUT2D eigenvalue weighted by atomic mass is 16.1. The molecule has 1 aliphatic heterocycles. The molecule has 0 unspecified atom stereocenters. The molecular weight excluding hydrogens is 404 g/mol. The molecule has 2 aromatic heterocycles. The van der Waals surface area contributed by atoms with Crippen LogP contribution in [0.4, 0.5) is 5.69 Å². The highest BCUT2D eigenvalue weighted by molar-refractivity contribution is 5.92. The van der Waals surface area contributed by atoms with E-state index in [1.807, 2.05) is 35.9 Å². The monoisotopic (exact) mass is 432 g/mol. The normalized spacial score (nSPS) is 12.6. The van der Waals surface area contributed by atoms with Crippen LogP contribution in [-0.2, 0) is 13.0 Å². The third kappa shape index (κ3) is 4.77. The first-order chi connectivity index (χ1) is 15.7. The number of aryl methyl sites for hydroxylation is 1. The van der Waals surface area contributed by atoms with Crippen LogP contribution in [0, 0.1) is 0 Å². The van der Waals surface area contributed by atoms with E-state index in [1.54, 1.807) is 17.7 Å². The van der Waals surface area contributed by atoms with E-state index < -0.39 is 0 Å². The van der Waals surface area contributed by atoms with Crippen LogP contribution in [0.3, 0.4) is 0 Å². The minimum Gasteiger partial charge on any atom is -0.291 e. The van der Waals surface area contributed by atoms with Crippen molar-refractivity contribution in [3.8, 4) is 11.3 Å². The number of nitrogens with zero attached hydrogens (tertiary/aromatic N) is 6. The van der Waals surface area contributed by atoms with E-state index in [9.17, 15) is 4.79 Å². The van der Waals surface area contributed by atoms with Crippen molar-refractivity contribution in [2.24, 2.45) is 5.10 Å². The molecule has 0 saturated carbocycles. The van der Waals surface area contributed by atoms with Crippen molar-refractivity contribution in [3.63, 3.8) is 0 Å². The predicted octanol–water partition coefficient (Wildman–Crippen LogP) is 3.49. The predicted molar refractivity (Wildman–Crippen MR) is 124 cm³/mol. The number of aromatic nitrogens is 4. The minimum absolute atomic E-state index is 0.00939. The van der Waals surface area contributed by atoms with Crippen LogP contribution < -0.4 is 16.1 Å². The maximum Gasteiger partial charge on any atom is 0.217 e. The van der Waals surface area contributed by atoms with Crippen LogP contribution in [0.25, 0.3) is 11.3 Å². The summed E-state index contributed by atoms with van der Waals surface area (Å²) in [6.45, 7) is 4.71. The molecule has 0 atom stereocenters. The van der Waals surface area contributed by atoms with Gasteiger partial charge in [-0.25, -0.2) is 9.67 Å². The van der Waals surface area contributed by atoms with Crippen LogP contribution in [-0.4, -0.2) is 31.9 Å². The summed E-state index contributed by atoms with van der Waals surface area (Å²) in [7, 11) is 0. The zero-order chi connectivity index (χ0) is 22.3. The fourth-order valence-electron chi connectivity index (χ4n) is 3.54. The molecular formula is C23H28N8O. The molecule has 0 spiro atoms. The van der Waals surface area contributed by atoms with Crippen LogP contribution in [0.15, 0.2) is 47.7 Å². The Morgan fingerprint density at radius 3 is 2.66 bits per heavy atom. The Morgan fingerprint density at radius 2 is 1.94 bits per heavy atom.